The number of hydrogen-bond donors (Lipinski definition) is 1. The largest absolute Gasteiger partial charge is 0.313 e. The van der Waals surface area contributed by atoms with E-state index < -0.39 is 0 Å². The SMILES string of the molecule is CNC(CC1CC2CCC1C2)c1ccc(CC(C)C)cc1. The fraction of sp³-hybridized carbons (Fsp3) is 0.700. The van der Waals surface area contributed by atoms with E-state index in [2.05, 4.69) is 50.5 Å². The lowest BCUT2D eigenvalue weighted by Gasteiger charge is -2.27. The molecule has 0 aromatic heterocycles. The third-order valence-electron chi connectivity index (χ3n) is 5.80. The topological polar surface area (TPSA) is 12.0 Å². The van der Waals surface area contributed by atoms with Crippen molar-refractivity contribution in [2.75, 3.05) is 7.05 Å². The van der Waals surface area contributed by atoms with Crippen LogP contribution in [0.15, 0.2) is 24.3 Å². The van der Waals surface area contributed by atoms with E-state index in [1.54, 1.807) is 0 Å². The minimum Gasteiger partial charge on any atom is -0.313 e. The lowest BCUT2D eigenvalue weighted by Crippen LogP contribution is -2.22. The Hall–Kier alpha value is -0.820. The van der Waals surface area contributed by atoms with Gasteiger partial charge in [0, 0.05) is 6.04 Å². The van der Waals surface area contributed by atoms with Gasteiger partial charge in [0.1, 0.15) is 0 Å². The molecule has 2 saturated carbocycles. The summed E-state index contributed by atoms with van der Waals surface area (Å²) in [7, 11) is 2.12. The molecule has 116 valence electrons. The van der Waals surface area contributed by atoms with Crippen molar-refractivity contribution in [2.24, 2.45) is 23.7 Å². The Kier molecular flexibility index (Phi) is 4.69. The fourth-order valence-electron chi connectivity index (χ4n) is 4.75. The number of rotatable bonds is 6. The van der Waals surface area contributed by atoms with E-state index in [0.29, 0.717) is 6.04 Å². The third kappa shape index (κ3) is 3.51. The summed E-state index contributed by atoms with van der Waals surface area (Å²) in [6.45, 7) is 4.58. The van der Waals surface area contributed by atoms with Crippen LogP contribution in [-0.4, -0.2) is 7.05 Å². The van der Waals surface area contributed by atoms with Crippen LogP contribution in [0.4, 0.5) is 0 Å². The number of hydrogen-bond acceptors (Lipinski definition) is 1. The summed E-state index contributed by atoms with van der Waals surface area (Å²) in [6, 6.07) is 9.92. The van der Waals surface area contributed by atoms with E-state index in [0.717, 1.165) is 23.7 Å². The third-order valence-corrected chi connectivity index (χ3v) is 5.80. The molecule has 2 bridgehead atoms. The average molecular weight is 285 g/mol. The smallest absolute Gasteiger partial charge is 0.0320 e. The average Bonchev–Trinajstić information content (AvgIpc) is 3.07. The maximum Gasteiger partial charge on any atom is 0.0320 e. The van der Waals surface area contributed by atoms with Gasteiger partial charge in [-0.05, 0) is 74.0 Å². The van der Waals surface area contributed by atoms with Crippen molar-refractivity contribution in [2.45, 2.75) is 58.4 Å². The molecule has 0 saturated heterocycles. The summed E-state index contributed by atoms with van der Waals surface area (Å²) in [5.74, 6) is 3.80. The summed E-state index contributed by atoms with van der Waals surface area (Å²) < 4.78 is 0. The van der Waals surface area contributed by atoms with E-state index in [4.69, 9.17) is 0 Å². The van der Waals surface area contributed by atoms with Gasteiger partial charge >= 0.3 is 0 Å². The van der Waals surface area contributed by atoms with Gasteiger partial charge in [0.2, 0.25) is 0 Å². The molecule has 0 spiro atoms. The lowest BCUT2D eigenvalue weighted by molar-refractivity contribution is 0.284. The zero-order valence-corrected chi connectivity index (χ0v) is 13.9. The minimum absolute atomic E-state index is 0.544. The molecule has 0 amide bonds. The standard InChI is InChI=1S/C20H31N/c1-14(2)10-15-4-7-17(8-5-15)20(21-3)13-19-12-16-6-9-18(19)11-16/h4-5,7-8,14,16,18-21H,6,9-13H2,1-3H3. The van der Waals surface area contributed by atoms with Gasteiger partial charge in [0.15, 0.2) is 0 Å². The molecule has 2 fully saturated rings. The first-order valence-corrected chi connectivity index (χ1v) is 8.91. The van der Waals surface area contributed by atoms with Crippen LogP contribution < -0.4 is 5.32 Å². The van der Waals surface area contributed by atoms with Crippen LogP contribution in [0.1, 0.15) is 63.1 Å². The Balaban J connectivity index is 1.63. The van der Waals surface area contributed by atoms with E-state index in [1.807, 2.05) is 0 Å². The van der Waals surface area contributed by atoms with Crippen LogP contribution in [-0.2, 0) is 6.42 Å². The first-order valence-electron chi connectivity index (χ1n) is 8.91. The van der Waals surface area contributed by atoms with Crippen molar-refractivity contribution in [3.63, 3.8) is 0 Å². The highest BCUT2D eigenvalue weighted by Crippen LogP contribution is 2.50. The van der Waals surface area contributed by atoms with Crippen LogP contribution in [0, 0.1) is 23.7 Å². The number of benzene rings is 1. The van der Waals surface area contributed by atoms with Crippen molar-refractivity contribution in [1.82, 2.24) is 5.32 Å². The maximum absolute atomic E-state index is 3.56. The lowest BCUT2D eigenvalue weighted by atomic mass is 9.82. The first kappa shape index (κ1) is 15.1. The summed E-state index contributed by atoms with van der Waals surface area (Å²) in [4.78, 5) is 0. The van der Waals surface area contributed by atoms with Gasteiger partial charge in [-0.2, -0.15) is 0 Å². The van der Waals surface area contributed by atoms with Crippen LogP contribution in [0.2, 0.25) is 0 Å². The van der Waals surface area contributed by atoms with Crippen molar-refractivity contribution < 1.29 is 0 Å². The number of nitrogens with one attached hydrogen (secondary N) is 1. The molecule has 21 heavy (non-hydrogen) atoms. The molecular formula is C20H31N. The molecule has 1 aromatic carbocycles. The second kappa shape index (κ2) is 6.52. The highest BCUT2D eigenvalue weighted by molar-refractivity contribution is 5.25. The highest BCUT2D eigenvalue weighted by Gasteiger charge is 2.40. The second-order valence-corrected chi connectivity index (χ2v) is 7.85. The van der Waals surface area contributed by atoms with Gasteiger partial charge in [-0.25, -0.2) is 0 Å². The molecule has 0 radical (unpaired) electrons. The van der Waals surface area contributed by atoms with E-state index in [-0.39, 0.29) is 0 Å². The highest BCUT2D eigenvalue weighted by atomic mass is 14.9. The Labute approximate surface area is 130 Å². The molecule has 2 aliphatic rings. The molecule has 1 nitrogen and oxygen atoms in total. The van der Waals surface area contributed by atoms with Crippen molar-refractivity contribution >= 4 is 0 Å². The van der Waals surface area contributed by atoms with Crippen molar-refractivity contribution in [3.8, 4) is 0 Å². The van der Waals surface area contributed by atoms with Gasteiger partial charge in [-0.1, -0.05) is 44.5 Å². The van der Waals surface area contributed by atoms with Crippen LogP contribution in [0.5, 0.6) is 0 Å². The zero-order valence-electron chi connectivity index (χ0n) is 13.9. The molecule has 1 aromatic rings. The monoisotopic (exact) mass is 285 g/mol. The summed E-state index contributed by atoms with van der Waals surface area (Å²) >= 11 is 0. The van der Waals surface area contributed by atoms with Gasteiger partial charge in [-0.15, -0.1) is 0 Å². The Morgan fingerprint density at radius 2 is 1.86 bits per heavy atom. The molecule has 0 heterocycles. The molecule has 3 rings (SSSR count). The predicted molar refractivity (Wildman–Crippen MR) is 90.3 cm³/mol. The van der Waals surface area contributed by atoms with E-state index in [1.165, 1.54) is 49.7 Å². The second-order valence-electron chi connectivity index (χ2n) is 7.85. The molecule has 4 unspecified atom stereocenters. The van der Waals surface area contributed by atoms with Crippen LogP contribution in [0.3, 0.4) is 0 Å². The molecule has 2 aliphatic carbocycles. The number of fused-ring (bicyclic) bond motifs is 2. The van der Waals surface area contributed by atoms with Crippen LogP contribution >= 0.6 is 0 Å². The molecule has 0 aliphatic heterocycles. The zero-order chi connectivity index (χ0) is 14.8. The van der Waals surface area contributed by atoms with Crippen molar-refractivity contribution in [3.05, 3.63) is 35.4 Å². The first-order chi connectivity index (χ1) is 10.2. The van der Waals surface area contributed by atoms with E-state index in [9.17, 15) is 0 Å². The molecule has 4 atom stereocenters. The summed E-state index contributed by atoms with van der Waals surface area (Å²) in [5.41, 5.74) is 2.95. The Bertz CT molecular complexity index is 447. The Morgan fingerprint density at radius 3 is 2.38 bits per heavy atom. The quantitative estimate of drug-likeness (QED) is 0.778. The maximum atomic E-state index is 3.56. The molecular weight excluding hydrogens is 254 g/mol. The summed E-state index contributed by atoms with van der Waals surface area (Å²) in [5, 5.41) is 3.56. The predicted octanol–water partition coefficient (Wildman–Crippen LogP) is 4.97. The molecule has 1 N–H and O–H groups in total. The van der Waals surface area contributed by atoms with Crippen LogP contribution in [0.25, 0.3) is 0 Å². The fourth-order valence-corrected chi connectivity index (χ4v) is 4.75. The Morgan fingerprint density at radius 1 is 1.10 bits per heavy atom. The van der Waals surface area contributed by atoms with E-state index >= 15 is 0 Å². The molecule has 1 heteroatoms. The van der Waals surface area contributed by atoms with Gasteiger partial charge < -0.3 is 5.32 Å². The van der Waals surface area contributed by atoms with Crippen molar-refractivity contribution in [1.29, 1.82) is 0 Å². The normalized spacial score (nSPS) is 29.2. The summed E-state index contributed by atoms with van der Waals surface area (Å²) in [6.07, 6.45) is 8.55. The van der Waals surface area contributed by atoms with Gasteiger partial charge in [0.05, 0.1) is 0 Å². The van der Waals surface area contributed by atoms with Gasteiger partial charge in [-0.3, -0.25) is 0 Å². The minimum atomic E-state index is 0.544. The van der Waals surface area contributed by atoms with Gasteiger partial charge in [0.25, 0.3) is 0 Å².